The van der Waals surface area contributed by atoms with Crippen LogP contribution in [0.15, 0.2) is 47.5 Å². The van der Waals surface area contributed by atoms with Crippen molar-refractivity contribution in [1.82, 2.24) is 9.71 Å². The quantitative estimate of drug-likeness (QED) is 0.285. The molecule has 3 aromatic rings. The molecule has 0 unspecified atom stereocenters. The molecule has 0 radical (unpaired) electrons. The minimum Gasteiger partial charge on any atom is -0.482 e. The number of anilines is 3. The van der Waals surface area contributed by atoms with E-state index < -0.39 is 33.8 Å². The fourth-order valence-corrected chi connectivity index (χ4v) is 5.98. The van der Waals surface area contributed by atoms with Crippen LogP contribution in [0.4, 0.5) is 34.8 Å². The number of alkyl halides is 3. The Hall–Kier alpha value is -3.82. The Bertz CT molecular complexity index is 1650. The third kappa shape index (κ3) is 6.03. The van der Waals surface area contributed by atoms with Crippen LogP contribution in [0.2, 0.25) is 5.02 Å². The highest BCUT2D eigenvalue weighted by molar-refractivity contribution is 7.92. The summed E-state index contributed by atoms with van der Waals surface area (Å²) in [5.41, 5.74) is 4.57. The molecule has 1 aromatic heterocycles. The van der Waals surface area contributed by atoms with E-state index in [2.05, 4.69) is 14.7 Å². The molecule has 0 saturated carbocycles. The lowest BCUT2D eigenvalue weighted by Gasteiger charge is -2.32. The molecule has 2 aliphatic heterocycles. The monoisotopic (exact) mass is 629 g/mol. The fourth-order valence-electron chi connectivity index (χ4n) is 4.51. The topological polar surface area (TPSA) is 128 Å². The van der Waals surface area contributed by atoms with Crippen LogP contribution in [0.25, 0.3) is 0 Å². The summed E-state index contributed by atoms with van der Waals surface area (Å²) in [6, 6.07) is 6.56. The maximum absolute atomic E-state index is 14.3. The predicted octanol–water partition coefficient (Wildman–Crippen LogP) is 5.15. The molecule has 0 bridgehead atoms. The van der Waals surface area contributed by atoms with Crippen LogP contribution < -0.4 is 24.2 Å². The molecule has 5 rings (SSSR count). The SMILES string of the molecule is COc1nc2c(cc1O[C@H]1CCOC1)C(=N[C@H](C)c1cc(N)cc(C(F)(F)F)c1)NS(=O)(=O)N2c1cc(F)cc(Cl)c1. The van der Waals surface area contributed by atoms with Gasteiger partial charge in [0.25, 0.3) is 5.88 Å². The largest absolute Gasteiger partial charge is 0.482 e. The van der Waals surface area contributed by atoms with Gasteiger partial charge in [-0.05, 0) is 48.9 Å². The van der Waals surface area contributed by atoms with Crippen molar-refractivity contribution in [2.45, 2.75) is 31.7 Å². The summed E-state index contributed by atoms with van der Waals surface area (Å²) in [6.45, 7) is 2.25. The van der Waals surface area contributed by atoms with Gasteiger partial charge in [0, 0.05) is 23.2 Å². The number of aromatic nitrogens is 1. The molecule has 42 heavy (non-hydrogen) atoms. The number of nitrogens with two attached hydrogens (primary N) is 1. The van der Waals surface area contributed by atoms with Crippen LogP contribution in [0.5, 0.6) is 11.6 Å². The molecule has 1 saturated heterocycles. The number of methoxy groups -OCH3 is 1. The number of nitrogen functional groups attached to an aromatic ring is 1. The van der Waals surface area contributed by atoms with Gasteiger partial charge in [-0.1, -0.05) is 11.6 Å². The lowest BCUT2D eigenvalue weighted by Crippen LogP contribution is -2.47. The Morgan fingerprint density at radius 3 is 2.62 bits per heavy atom. The van der Waals surface area contributed by atoms with E-state index in [1.165, 1.54) is 32.2 Å². The summed E-state index contributed by atoms with van der Waals surface area (Å²) in [4.78, 5) is 8.80. The first-order valence-electron chi connectivity index (χ1n) is 12.4. The Balaban J connectivity index is 1.69. The van der Waals surface area contributed by atoms with E-state index in [0.29, 0.717) is 23.9 Å². The van der Waals surface area contributed by atoms with Crippen LogP contribution >= 0.6 is 11.6 Å². The molecule has 2 atom stereocenters. The zero-order valence-electron chi connectivity index (χ0n) is 22.1. The van der Waals surface area contributed by atoms with E-state index in [4.69, 9.17) is 31.5 Å². The minimum atomic E-state index is -4.67. The summed E-state index contributed by atoms with van der Waals surface area (Å²) < 4.78 is 102. The van der Waals surface area contributed by atoms with Crippen molar-refractivity contribution in [2.75, 3.05) is 30.4 Å². The maximum Gasteiger partial charge on any atom is 0.416 e. The highest BCUT2D eigenvalue weighted by atomic mass is 35.5. The van der Waals surface area contributed by atoms with Crippen molar-refractivity contribution in [2.24, 2.45) is 4.99 Å². The van der Waals surface area contributed by atoms with Crippen molar-refractivity contribution < 1.29 is 40.2 Å². The van der Waals surface area contributed by atoms with Gasteiger partial charge in [-0.3, -0.25) is 4.99 Å². The van der Waals surface area contributed by atoms with Gasteiger partial charge >= 0.3 is 16.4 Å². The number of nitrogens with one attached hydrogen (secondary N) is 1. The van der Waals surface area contributed by atoms with E-state index in [-0.39, 0.29) is 56.9 Å². The zero-order chi connectivity index (χ0) is 30.4. The molecule has 0 amide bonds. The molecule has 2 aromatic carbocycles. The maximum atomic E-state index is 14.3. The summed E-state index contributed by atoms with van der Waals surface area (Å²) >= 11 is 6.02. The van der Waals surface area contributed by atoms with Gasteiger partial charge in [0.05, 0.1) is 43.2 Å². The van der Waals surface area contributed by atoms with Crippen molar-refractivity contribution in [3.63, 3.8) is 0 Å². The Labute approximate surface area is 243 Å². The number of benzene rings is 2. The van der Waals surface area contributed by atoms with Gasteiger partial charge in [-0.25, -0.2) is 13.4 Å². The molecule has 224 valence electrons. The summed E-state index contributed by atoms with van der Waals surface area (Å²) in [7, 11) is -3.25. The number of aliphatic imine (C=N–C) groups is 1. The van der Waals surface area contributed by atoms with Crippen LogP contribution in [0.3, 0.4) is 0 Å². The molecule has 3 N–H and O–H groups in total. The molecule has 16 heteroatoms. The number of nitrogens with zero attached hydrogens (tertiary/aromatic N) is 3. The van der Waals surface area contributed by atoms with Gasteiger partial charge < -0.3 is 19.9 Å². The molecule has 1 fully saturated rings. The molecule has 2 aliphatic rings. The van der Waals surface area contributed by atoms with Crippen molar-refractivity contribution >= 4 is 44.8 Å². The first-order chi connectivity index (χ1) is 19.7. The second-order valence-electron chi connectivity index (χ2n) is 9.51. The third-order valence-electron chi connectivity index (χ3n) is 6.41. The van der Waals surface area contributed by atoms with E-state index in [1.807, 2.05) is 0 Å². The van der Waals surface area contributed by atoms with Crippen LogP contribution in [-0.4, -0.2) is 45.7 Å². The number of amidine groups is 1. The highest BCUT2D eigenvalue weighted by Crippen LogP contribution is 2.41. The Kier molecular flexibility index (Phi) is 7.85. The van der Waals surface area contributed by atoms with E-state index in [1.54, 1.807) is 0 Å². The average Bonchev–Trinajstić information content (AvgIpc) is 3.40. The molecular formula is C26H24ClF4N5O5S. The summed E-state index contributed by atoms with van der Waals surface area (Å²) in [6.07, 6.45) is -4.43. The average molecular weight is 630 g/mol. The van der Waals surface area contributed by atoms with Crippen molar-refractivity contribution in [3.05, 3.63) is 70.0 Å². The molecular weight excluding hydrogens is 606 g/mol. The fraction of sp³-hybridized carbons (Fsp3) is 0.308. The zero-order valence-corrected chi connectivity index (χ0v) is 23.6. The second kappa shape index (κ2) is 11.1. The standard InChI is InChI=1S/C26H24ClF4N5O5S/c1-13(14-5-15(26(29,30)31)7-18(32)6-14)33-23-21-11-22(41-20-3-4-40-12-20)25(39-2)34-24(21)36(42(37,38)35-23)19-9-16(27)8-17(28)10-19/h5-11,13,20H,3-4,12,32H2,1-2H3,(H,33,35)/t13-,20+/m1/s1. The normalized spacial score (nSPS) is 19.7. The minimum absolute atomic E-state index is 0.0757. The van der Waals surface area contributed by atoms with E-state index in [0.717, 1.165) is 24.3 Å². The van der Waals surface area contributed by atoms with Crippen molar-refractivity contribution in [1.29, 1.82) is 0 Å². The number of fused-ring (bicyclic) bond motifs is 1. The molecule has 0 spiro atoms. The smallest absolute Gasteiger partial charge is 0.416 e. The number of rotatable bonds is 6. The van der Waals surface area contributed by atoms with Gasteiger partial charge in [0.1, 0.15) is 17.8 Å². The molecule has 0 aliphatic carbocycles. The Morgan fingerprint density at radius 2 is 1.98 bits per heavy atom. The van der Waals surface area contributed by atoms with Crippen LogP contribution in [0.1, 0.15) is 36.1 Å². The van der Waals surface area contributed by atoms with Crippen molar-refractivity contribution in [3.8, 4) is 11.6 Å². The number of halogens is 5. The van der Waals surface area contributed by atoms with E-state index >= 15 is 0 Å². The predicted molar refractivity (Wildman–Crippen MR) is 147 cm³/mol. The number of ether oxygens (including phenoxy) is 3. The van der Waals surface area contributed by atoms with E-state index in [9.17, 15) is 26.0 Å². The first-order valence-corrected chi connectivity index (χ1v) is 14.3. The lowest BCUT2D eigenvalue weighted by molar-refractivity contribution is -0.137. The first kappa shape index (κ1) is 29.7. The number of pyridine rings is 1. The van der Waals surface area contributed by atoms with Gasteiger partial charge in [-0.15, -0.1) is 0 Å². The van der Waals surface area contributed by atoms with Gasteiger partial charge in [-0.2, -0.15) is 26.6 Å². The lowest BCUT2D eigenvalue weighted by atomic mass is 10.0. The van der Waals surface area contributed by atoms with Crippen LogP contribution in [-0.2, 0) is 21.1 Å². The third-order valence-corrected chi connectivity index (χ3v) is 7.95. The Morgan fingerprint density at radius 1 is 1.21 bits per heavy atom. The highest BCUT2D eigenvalue weighted by Gasteiger charge is 2.39. The molecule has 3 heterocycles. The molecule has 10 nitrogen and oxygen atoms in total. The summed E-state index contributed by atoms with van der Waals surface area (Å²) in [5.74, 6) is -1.25. The number of hydrogen-bond acceptors (Lipinski definition) is 8. The van der Waals surface area contributed by atoms with Gasteiger partial charge in [0.15, 0.2) is 11.6 Å². The van der Waals surface area contributed by atoms with Crippen LogP contribution in [0, 0.1) is 5.82 Å². The van der Waals surface area contributed by atoms with Gasteiger partial charge in [0.2, 0.25) is 0 Å². The number of hydrogen-bond donors (Lipinski definition) is 2. The summed E-state index contributed by atoms with van der Waals surface area (Å²) in [5, 5.41) is -0.0786. The second-order valence-corrected chi connectivity index (χ2v) is 11.5.